The van der Waals surface area contributed by atoms with Gasteiger partial charge in [0.2, 0.25) is 0 Å². The predicted octanol–water partition coefficient (Wildman–Crippen LogP) is 3.74. The Labute approximate surface area is 155 Å². The van der Waals surface area contributed by atoms with Crippen LogP contribution in [0.2, 0.25) is 0 Å². The Morgan fingerprint density at radius 2 is 1.78 bits per heavy atom. The Kier molecular flexibility index (Phi) is 4.57. The van der Waals surface area contributed by atoms with E-state index in [1.807, 2.05) is 30.3 Å². The van der Waals surface area contributed by atoms with Gasteiger partial charge in [0.15, 0.2) is 0 Å². The fourth-order valence-electron chi connectivity index (χ4n) is 2.74. The summed E-state index contributed by atoms with van der Waals surface area (Å²) in [7, 11) is 0. The average Bonchev–Trinajstić information content (AvgIpc) is 2.70. The van der Waals surface area contributed by atoms with E-state index in [0.717, 1.165) is 5.56 Å². The van der Waals surface area contributed by atoms with Crippen molar-refractivity contribution in [2.24, 2.45) is 9.98 Å². The van der Waals surface area contributed by atoms with E-state index in [1.165, 1.54) is 18.5 Å². The Morgan fingerprint density at radius 3 is 2.52 bits per heavy atom. The average molecular weight is 361 g/mol. The van der Waals surface area contributed by atoms with Crippen molar-refractivity contribution in [1.29, 1.82) is 0 Å². The first kappa shape index (κ1) is 16.8. The van der Waals surface area contributed by atoms with Crippen LogP contribution in [0.1, 0.15) is 6.42 Å². The number of para-hydroxylation sites is 1. The van der Waals surface area contributed by atoms with Crippen molar-refractivity contribution < 1.29 is 9.13 Å². The number of ether oxygens (including phenoxy) is 1. The summed E-state index contributed by atoms with van der Waals surface area (Å²) in [6.07, 6.45) is 6.43. The van der Waals surface area contributed by atoms with E-state index in [1.54, 1.807) is 18.5 Å². The minimum absolute atomic E-state index is 0.287. The van der Waals surface area contributed by atoms with Crippen LogP contribution < -0.4 is 10.5 Å². The summed E-state index contributed by atoms with van der Waals surface area (Å²) in [5.74, 6) is 0.461. The molecule has 7 heteroatoms. The van der Waals surface area contributed by atoms with Crippen LogP contribution in [0.5, 0.6) is 5.75 Å². The summed E-state index contributed by atoms with van der Waals surface area (Å²) in [6.45, 7) is 0. The Morgan fingerprint density at radius 1 is 0.963 bits per heavy atom. The van der Waals surface area contributed by atoms with Gasteiger partial charge in [-0.3, -0.25) is 4.98 Å². The van der Waals surface area contributed by atoms with Gasteiger partial charge in [0.1, 0.15) is 17.4 Å². The van der Waals surface area contributed by atoms with Crippen LogP contribution >= 0.6 is 0 Å². The molecule has 27 heavy (non-hydrogen) atoms. The summed E-state index contributed by atoms with van der Waals surface area (Å²) in [5.41, 5.74) is 7.74. The summed E-state index contributed by atoms with van der Waals surface area (Å²) >= 11 is 0. The molecule has 1 aromatic heterocycles. The molecule has 0 aliphatic carbocycles. The smallest absolute Gasteiger partial charge is 0.287 e. The third-order valence-electron chi connectivity index (χ3n) is 4.02. The van der Waals surface area contributed by atoms with Crippen molar-refractivity contribution in [1.82, 2.24) is 9.97 Å². The first-order valence-electron chi connectivity index (χ1n) is 8.37. The van der Waals surface area contributed by atoms with Crippen molar-refractivity contribution in [3.8, 4) is 28.1 Å². The molecule has 1 aliphatic rings. The molecule has 1 aliphatic heterocycles. The number of nitrogen functional groups attached to an aromatic ring is 1. The summed E-state index contributed by atoms with van der Waals surface area (Å²) in [5, 5.41) is 0. The van der Waals surface area contributed by atoms with E-state index in [-0.39, 0.29) is 5.82 Å². The number of nitrogens with two attached hydrogens (primary N) is 1. The monoisotopic (exact) mass is 361 g/mol. The SMILES string of the molecule is Nc1cnc(-c2ccc(-c3ccccc3OC3N=CCC=N3)cc2F)cn1. The Bertz CT molecular complexity index is 1010. The molecule has 0 radical (unpaired) electrons. The van der Waals surface area contributed by atoms with Gasteiger partial charge in [-0.05, 0) is 23.8 Å². The van der Waals surface area contributed by atoms with Crippen LogP contribution in [0.4, 0.5) is 10.2 Å². The van der Waals surface area contributed by atoms with E-state index in [9.17, 15) is 4.39 Å². The molecule has 0 saturated heterocycles. The maximum absolute atomic E-state index is 14.7. The molecule has 3 aromatic rings. The number of nitrogens with zero attached hydrogens (tertiary/aromatic N) is 4. The van der Waals surface area contributed by atoms with Gasteiger partial charge in [0.05, 0.1) is 18.1 Å². The second-order valence-corrected chi connectivity index (χ2v) is 5.86. The molecule has 134 valence electrons. The van der Waals surface area contributed by atoms with Crippen LogP contribution in [0.15, 0.2) is 64.8 Å². The van der Waals surface area contributed by atoms with Gasteiger partial charge in [0, 0.05) is 30.0 Å². The second kappa shape index (κ2) is 7.33. The lowest BCUT2D eigenvalue weighted by molar-refractivity contribution is 0.223. The topological polar surface area (TPSA) is 85.8 Å². The molecule has 6 nitrogen and oxygen atoms in total. The van der Waals surface area contributed by atoms with Gasteiger partial charge >= 0.3 is 0 Å². The standard InChI is InChI=1S/C20H16FN5O/c21-16-10-13(6-7-15(16)17-11-26-19(22)12-25-17)14-4-1-2-5-18(14)27-20-23-8-3-9-24-20/h1-2,4-12,20H,3H2,(H2,22,26). The maximum Gasteiger partial charge on any atom is 0.287 e. The third-order valence-corrected chi connectivity index (χ3v) is 4.02. The first-order valence-corrected chi connectivity index (χ1v) is 8.37. The number of rotatable bonds is 4. The zero-order valence-electron chi connectivity index (χ0n) is 14.3. The largest absolute Gasteiger partial charge is 0.448 e. The van der Waals surface area contributed by atoms with Crippen molar-refractivity contribution in [3.05, 3.63) is 60.7 Å². The van der Waals surface area contributed by atoms with Crippen LogP contribution in [-0.2, 0) is 0 Å². The zero-order chi connectivity index (χ0) is 18.6. The van der Waals surface area contributed by atoms with Crippen molar-refractivity contribution in [3.63, 3.8) is 0 Å². The lowest BCUT2D eigenvalue weighted by Crippen LogP contribution is -2.14. The zero-order valence-corrected chi connectivity index (χ0v) is 14.3. The fourth-order valence-corrected chi connectivity index (χ4v) is 2.74. The number of hydrogen-bond donors (Lipinski definition) is 1. The van der Waals surface area contributed by atoms with Crippen LogP contribution in [0, 0.1) is 5.82 Å². The number of aromatic nitrogens is 2. The molecule has 0 fully saturated rings. The molecule has 4 rings (SSSR count). The molecule has 0 atom stereocenters. The molecule has 2 aromatic carbocycles. The third kappa shape index (κ3) is 3.67. The molecule has 0 unspecified atom stereocenters. The molecular formula is C20H16FN5O. The van der Waals surface area contributed by atoms with E-state index >= 15 is 0 Å². The Hall–Kier alpha value is -3.61. The Balaban J connectivity index is 1.67. The van der Waals surface area contributed by atoms with Crippen LogP contribution in [-0.4, -0.2) is 28.7 Å². The predicted molar refractivity (Wildman–Crippen MR) is 103 cm³/mol. The quantitative estimate of drug-likeness (QED) is 0.767. The van der Waals surface area contributed by atoms with E-state index in [0.29, 0.717) is 29.0 Å². The molecule has 0 amide bonds. The highest BCUT2D eigenvalue weighted by Gasteiger charge is 2.14. The molecular weight excluding hydrogens is 345 g/mol. The van der Waals surface area contributed by atoms with Gasteiger partial charge < -0.3 is 10.5 Å². The highest BCUT2D eigenvalue weighted by atomic mass is 19.1. The number of hydrogen-bond acceptors (Lipinski definition) is 6. The molecule has 2 heterocycles. The highest BCUT2D eigenvalue weighted by molar-refractivity contribution is 5.81. The van der Waals surface area contributed by atoms with E-state index < -0.39 is 12.2 Å². The minimum Gasteiger partial charge on any atom is -0.448 e. The second-order valence-electron chi connectivity index (χ2n) is 5.86. The van der Waals surface area contributed by atoms with Crippen molar-refractivity contribution in [2.45, 2.75) is 12.8 Å². The lowest BCUT2D eigenvalue weighted by Gasteiger charge is -2.16. The van der Waals surface area contributed by atoms with Gasteiger partial charge in [-0.25, -0.2) is 19.4 Å². The lowest BCUT2D eigenvalue weighted by atomic mass is 10.0. The van der Waals surface area contributed by atoms with E-state index in [2.05, 4.69) is 20.0 Å². The molecule has 0 spiro atoms. The molecule has 0 saturated carbocycles. The van der Waals surface area contributed by atoms with Crippen LogP contribution in [0.25, 0.3) is 22.4 Å². The van der Waals surface area contributed by atoms with Crippen molar-refractivity contribution in [2.75, 3.05) is 5.73 Å². The maximum atomic E-state index is 14.7. The first-order chi connectivity index (χ1) is 13.2. The van der Waals surface area contributed by atoms with Crippen molar-refractivity contribution >= 4 is 18.2 Å². The number of aliphatic imine (C=N–C) groups is 2. The van der Waals surface area contributed by atoms with E-state index in [4.69, 9.17) is 10.5 Å². The summed E-state index contributed by atoms with van der Waals surface area (Å²) < 4.78 is 20.6. The highest BCUT2D eigenvalue weighted by Crippen LogP contribution is 2.33. The summed E-state index contributed by atoms with van der Waals surface area (Å²) in [4.78, 5) is 16.5. The van der Waals surface area contributed by atoms with Gasteiger partial charge in [-0.2, -0.15) is 0 Å². The molecule has 0 bridgehead atoms. The normalized spacial score (nSPS) is 13.7. The van der Waals surface area contributed by atoms with Gasteiger partial charge in [0.25, 0.3) is 6.35 Å². The minimum atomic E-state index is -0.617. The summed E-state index contributed by atoms with van der Waals surface area (Å²) in [6, 6.07) is 12.3. The number of anilines is 1. The van der Waals surface area contributed by atoms with Gasteiger partial charge in [-0.1, -0.05) is 24.3 Å². The van der Waals surface area contributed by atoms with Crippen LogP contribution in [0.3, 0.4) is 0 Å². The number of halogens is 1. The fraction of sp³-hybridized carbons (Fsp3) is 0.100. The number of benzene rings is 2. The van der Waals surface area contributed by atoms with Gasteiger partial charge in [-0.15, -0.1) is 0 Å². The molecule has 2 N–H and O–H groups in total.